The zero-order valence-electron chi connectivity index (χ0n) is 32.6. The molecule has 15 heteroatoms. The van der Waals surface area contributed by atoms with Crippen molar-refractivity contribution in [2.45, 2.75) is 128 Å². The molecule has 1 saturated heterocycles. The van der Waals surface area contributed by atoms with E-state index in [1.807, 2.05) is 13.8 Å². The number of amides is 5. The van der Waals surface area contributed by atoms with Gasteiger partial charge in [-0.25, -0.2) is 0 Å². The Morgan fingerprint density at radius 2 is 1.54 bits per heavy atom. The van der Waals surface area contributed by atoms with Gasteiger partial charge in [-0.15, -0.1) is 0 Å². The Morgan fingerprint density at radius 1 is 0.827 bits per heavy atom. The summed E-state index contributed by atoms with van der Waals surface area (Å²) in [5, 5.41) is 11.4. The fourth-order valence-electron chi connectivity index (χ4n) is 7.03. The minimum atomic E-state index is -1.16. The van der Waals surface area contributed by atoms with Gasteiger partial charge in [0.1, 0.15) is 24.2 Å². The average Bonchev–Trinajstić information content (AvgIpc) is 3.13. The average molecular weight is 739 g/mol. The number of likely N-dealkylation sites (N-methyl/N-ethyl adjacent to an activating group) is 1. The molecule has 1 aliphatic heterocycles. The molecule has 8 N–H and O–H groups in total. The molecule has 0 aromatic rings. The molecule has 0 radical (unpaired) electrons. The van der Waals surface area contributed by atoms with E-state index in [1.54, 1.807) is 14.2 Å². The van der Waals surface area contributed by atoms with Crippen LogP contribution in [0.2, 0.25) is 0 Å². The third-order valence-corrected chi connectivity index (χ3v) is 10.1. The van der Waals surface area contributed by atoms with E-state index in [1.165, 1.54) is 4.90 Å². The molecular weight excluding hydrogens is 668 g/mol. The van der Waals surface area contributed by atoms with Crippen LogP contribution in [0.1, 0.15) is 97.8 Å². The molecule has 0 spiro atoms. The number of carbonyl (C=O) groups excluding carboxylic acids is 5. The predicted molar refractivity (Wildman–Crippen MR) is 201 cm³/mol. The largest absolute Gasteiger partial charge is 0.385 e. The van der Waals surface area contributed by atoms with E-state index in [2.05, 4.69) is 33.1 Å². The Morgan fingerprint density at radius 3 is 2.17 bits per heavy atom. The van der Waals surface area contributed by atoms with E-state index in [4.69, 9.17) is 20.9 Å². The van der Waals surface area contributed by atoms with E-state index in [0.29, 0.717) is 52.1 Å². The Hall–Kier alpha value is -2.85. The van der Waals surface area contributed by atoms with Gasteiger partial charge in [0.25, 0.3) is 0 Å². The van der Waals surface area contributed by atoms with Crippen molar-refractivity contribution in [2.75, 3.05) is 66.7 Å². The van der Waals surface area contributed by atoms with Crippen LogP contribution in [0.3, 0.4) is 0 Å². The van der Waals surface area contributed by atoms with E-state index in [0.717, 1.165) is 57.8 Å². The smallest absolute Gasteiger partial charge is 0.245 e. The van der Waals surface area contributed by atoms with Crippen LogP contribution in [0.25, 0.3) is 0 Å². The van der Waals surface area contributed by atoms with Gasteiger partial charge < -0.3 is 47.1 Å². The van der Waals surface area contributed by atoms with Gasteiger partial charge in [-0.2, -0.15) is 0 Å². The van der Waals surface area contributed by atoms with Crippen LogP contribution in [-0.4, -0.2) is 136 Å². The molecule has 52 heavy (non-hydrogen) atoms. The van der Waals surface area contributed by atoms with Crippen LogP contribution in [0.4, 0.5) is 0 Å². The molecule has 5 amide bonds. The highest BCUT2D eigenvalue weighted by Crippen LogP contribution is 2.27. The molecule has 5 atom stereocenters. The third kappa shape index (κ3) is 15.2. The molecular formula is C37H70N8O7. The number of rotatable bonds is 17. The Labute approximate surface area is 311 Å². The molecule has 1 heterocycles. The summed E-state index contributed by atoms with van der Waals surface area (Å²) >= 11 is 0. The molecule has 15 nitrogen and oxygen atoms in total. The molecule has 2 aliphatic rings. The summed E-state index contributed by atoms with van der Waals surface area (Å²) < 4.78 is 11.1. The number of carbonyl (C=O) groups is 5. The second-order valence-corrected chi connectivity index (χ2v) is 14.7. The first-order chi connectivity index (χ1) is 25.0. The van der Waals surface area contributed by atoms with Gasteiger partial charge in [-0.05, 0) is 63.5 Å². The highest BCUT2D eigenvalue weighted by molar-refractivity contribution is 5.96. The van der Waals surface area contributed by atoms with Crippen LogP contribution in [-0.2, 0) is 33.4 Å². The zero-order valence-corrected chi connectivity index (χ0v) is 32.6. The van der Waals surface area contributed by atoms with Crippen LogP contribution in [0.15, 0.2) is 0 Å². The van der Waals surface area contributed by atoms with Gasteiger partial charge in [0.05, 0.1) is 12.6 Å². The Balaban J connectivity index is 2.60. The van der Waals surface area contributed by atoms with Crippen LogP contribution in [0, 0.1) is 11.8 Å². The third-order valence-electron chi connectivity index (χ3n) is 10.1. The van der Waals surface area contributed by atoms with Gasteiger partial charge >= 0.3 is 0 Å². The first kappa shape index (κ1) is 45.3. The van der Waals surface area contributed by atoms with Crippen molar-refractivity contribution >= 4 is 29.5 Å². The first-order valence-corrected chi connectivity index (χ1v) is 19.6. The van der Waals surface area contributed by atoms with Gasteiger partial charge in [0.15, 0.2) is 0 Å². The van der Waals surface area contributed by atoms with Gasteiger partial charge in [0, 0.05) is 47.0 Å². The topological polar surface area (TPSA) is 210 Å². The van der Waals surface area contributed by atoms with E-state index in [9.17, 15) is 24.0 Å². The summed E-state index contributed by atoms with van der Waals surface area (Å²) in [4.78, 5) is 73.6. The number of unbranched alkanes of at least 4 members (excludes halogenated alkanes) is 3. The van der Waals surface area contributed by atoms with Crippen LogP contribution >= 0.6 is 0 Å². The summed E-state index contributed by atoms with van der Waals surface area (Å²) in [6.45, 7) is 7.98. The normalized spacial score (nSPS) is 25.7. The molecule has 0 aromatic carbocycles. The summed E-state index contributed by atoms with van der Waals surface area (Å²) in [6, 6.07) is -4.64. The number of hydrogen-bond acceptors (Lipinski definition) is 10. The fraction of sp³-hybridized carbons (Fsp3) is 0.865. The van der Waals surface area contributed by atoms with Gasteiger partial charge in [-0.1, -0.05) is 59.3 Å². The molecule has 2 rings (SSSR count). The van der Waals surface area contributed by atoms with Gasteiger partial charge in [-0.3, -0.25) is 28.9 Å². The van der Waals surface area contributed by atoms with Crippen molar-refractivity contribution in [1.82, 2.24) is 31.1 Å². The van der Waals surface area contributed by atoms with Gasteiger partial charge in [0.2, 0.25) is 29.5 Å². The number of hydrogen-bond donors (Lipinski definition) is 6. The Bertz CT molecular complexity index is 1090. The second kappa shape index (κ2) is 25.2. The maximum Gasteiger partial charge on any atom is 0.245 e. The highest BCUT2D eigenvalue weighted by atomic mass is 16.5. The van der Waals surface area contributed by atoms with Crippen LogP contribution < -0.4 is 32.7 Å². The zero-order chi connectivity index (χ0) is 38.5. The number of nitrogens with one attached hydrogen (secondary N) is 4. The molecule has 0 aromatic heterocycles. The summed E-state index contributed by atoms with van der Waals surface area (Å²) in [5.74, 6) is -2.34. The predicted octanol–water partition coefficient (Wildman–Crippen LogP) is 0.636. The van der Waals surface area contributed by atoms with E-state index < -0.39 is 53.8 Å². The van der Waals surface area contributed by atoms with Crippen LogP contribution in [0.5, 0.6) is 0 Å². The number of nitrogens with two attached hydrogens (primary N) is 2. The lowest BCUT2D eigenvalue weighted by Crippen LogP contribution is -2.63. The summed E-state index contributed by atoms with van der Waals surface area (Å²) in [5.41, 5.74) is 11.6. The SMILES string of the molecule is CCCCCCN1CCNC(=O)C(COCCCN)NC(=O)C(CN)NC(=O)C(C2CCCCC2)NC(=O)C(CC(C)C)N(C)C(=O)C1CCOC. The summed E-state index contributed by atoms with van der Waals surface area (Å²) in [7, 11) is 3.25. The quantitative estimate of drug-likeness (QED) is 0.115. The monoisotopic (exact) mass is 739 g/mol. The lowest BCUT2D eigenvalue weighted by Gasteiger charge is -2.38. The van der Waals surface area contributed by atoms with Crippen molar-refractivity contribution in [1.29, 1.82) is 0 Å². The molecule has 1 saturated carbocycles. The Kier molecular flexibility index (Phi) is 22.0. The summed E-state index contributed by atoms with van der Waals surface area (Å²) in [6.07, 6.45) is 9.63. The van der Waals surface area contributed by atoms with E-state index >= 15 is 0 Å². The fourth-order valence-corrected chi connectivity index (χ4v) is 7.03. The van der Waals surface area contributed by atoms with Crippen molar-refractivity contribution in [3.05, 3.63) is 0 Å². The molecule has 1 aliphatic carbocycles. The van der Waals surface area contributed by atoms with E-state index in [-0.39, 0.29) is 37.4 Å². The lowest BCUT2D eigenvalue weighted by molar-refractivity contribution is -0.145. The van der Waals surface area contributed by atoms with Crippen molar-refractivity contribution in [2.24, 2.45) is 23.3 Å². The molecule has 5 unspecified atom stereocenters. The minimum Gasteiger partial charge on any atom is -0.385 e. The molecule has 300 valence electrons. The molecule has 2 fully saturated rings. The second-order valence-electron chi connectivity index (χ2n) is 14.7. The maximum absolute atomic E-state index is 14.5. The minimum absolute atomic E-state index is 0.0705. The number of nitrogens with zero attached hydrogens (tertiary/aromatic N) is 2. The maximum atomic E-state index is 14.5. The number of methoxy groups -OCH3 is 1. The highest BCUT2D eigenvalue weighted by Gasteiger charge is 2.39. The van der Waals surface area contributed by atoms with Crippen molar-refractivity contribution in [3.8, 4) is 0 Å². The standard InChI is InChI=1S/C37H70N8O7/c1-6-7-8-12-19-45-20-18-40-33(46)29(25-52-21-13-17-38)42-34(47)28(24-39)41-36(49)32(27-14-10-9-11-15-27)43-35(48)31(23-26(2)3)44(4)37(50)30(45)16-22-51-5/h26-32H,6-25,38-39H2,1-5H3,(H,40,46)(H,41,49)(H,42,47)(H,43,48). The van der Waals surface area contributed by atoms with Crippen molar-refractivity contribution in [3.63, 3.8) is 0 Å². The first-order valence-electron chi connectivity index (χ1n) is 19.6. The van der Waals surface area contributed by atoms with Crippen molar-refractivity contribution < 1.29 is 33.4 Å². The molecule has 0 bridgehead atoms. The lowest BCUT2D eigenvalue weighted by atomic mass is 9.83. The number of ether oxygens (including phenoxy) is 2.